The van der Waals surface area contributed by atoms with Gasteiger partial charge in [-0.25, -0.2) is 9.79 Å². The van der Waals surface area contributed by atoms with Gasteiger partial charge in [-0.05, 0) is 70.9 Å². The van der Waals surface area contributed by atoms with Crippen molar-refractivity contribution in [1.82, 2.24) is 4.57 Å². The molecule has 1 aliphatic rings. The van der Waals surface area contributed by atoms with Gasteiger partial charge in [-0.3, -0.25) is 9.36 Å². The monoisotopic (exact) mass is 822 g/mol. The predicted molar refractivity (Wildman–Crippen MR) is 175 cm³/mol. The number of esters is 1. The van der Waals surface area contributed by atoms with Gasteiger partial charge in [0.15, 0.2) is 10.5 Å². The van der Waals surface area contributed by atoms with Crippen LogP contribution in [0.5, 0.6) is 5.75 Å². The van der Waals surface area contributed by atoms with Crippen molar-refractivity contribution in [1.29, 1.82) is 0 Å². The lowest BCUT2D eigenvalue weighted by molar-refractivity contribution is -0.140. The van der Waals surface area contributed by atoms with Crippen molar-refractivity contribution in [3.63, 3.8) is 0 Å². The molecule has 5 rings (SSSR count). The molecule has 1 aliphatic heterocycles. The van der Waals surface area contributed by atoms with E-state index < -0.39 is 35.0 Å². The smallest absolute Gasteiger partial charge is 0.434 e. The Morgan fingerprint density at radius 2 is 1.76 bits per heavy atom. The summed E-state index contributed by atoms with van der Waals surface area (Å²) in [4.78, 5) is 30.6. The number of carbonyl (C=O) groups excluding carboxylic acids is 1. The molecule has 1 aromatic heterocycles. The number of fused-ring (bicyclic) bond motifs is 1. The molecule has 0 fully saturated rings. The number of aromatic nitrogens is 1. The van der Waals surface area contributed by atoms with E-state index in [2.05, 4.69) is 36.9 Å². The molecule has 0 saturated carbocycles. The molecule has 0 unspecified atom stereocenters. The number of allylic oxidation sites excluding steroid dienone is 1. The highest BCUT2D eigenvalue weighted by molar-refractivity contribution is 9.11. The third kappa shape index (κ3) is 7.21. The van der Waals surface area contributed by atoms with E-state index in [-0.39, 0.29) is 28.1 Å². The van der Waals surface area contributed by atoms with Gasteiger partial charge in [-0.2, -0.15) is 13.2 Å². The molecule has 3 aromatic carbocycles. The molecule has 2 heterocycles. The average molecular weight is 826 g/mol. The maximum Gasteiger partial charge on any atom is 0.434 e. The van der Waals surface area contributed by atoms with Crippen molar-refractivity contribution >= 4 is 90.0 Å². The maximum absolute atomic E-state index is 14.4. The van der Waals surface area contributed by atoms with Crippen molar-refractivity contribution in [2.75, 3.05) is 6.61 Å². The molecule has 0 N–H and O–H groups in total. The zero-order valence-corrected chi connectivity index (χ0v) is 29.0. The van der Waals surface area contributed by atoms with Crippen molar-refractivity contribution in [3.05, 3.63) is 126 Å². The maximum atomic E-state index is 14.4. The number of nitrogens with zero attached hydrogens (tertiary/aromatic N) is 2. The second-order valence-corrected chi connectivity index (χ2v) is 13.5. The Morgan fingerprint density at radius 3 is 2.40 bits per heavy atom. The van der Waals surface area contributed by atoms with Crippen LogP contribution < -0.4 is 19.6 Å². The number of hydrogen-bond acceptors (Lipinski definition) is 6. The van der Waals surface area contributed by atoms with Crippen LogP contribution in [0.3, 0.4) is 0 Å². The molecule has 15 heteroatoms. The van der Waals surface area contributed by atoms with Gasteiger partial charge in [0.05, 0.1) is 27.2 Å². The Bertz CT molecular complexity index is 2030. The van der Waals surface area contributed by atoms with Crippen molar-refractivity contribution in [2.45, 2.75) is 25.7 Å². The van der Waals surface area contributed by atoms with E-state index in [1.165, 1.54) is 37.3 Å². The van der Waals surface area contributed by atoms with Crippen molar-refractivity contribution in [2.24, 2.45) is 4.99 Å². The molecule has 6 nitrogen and oxygen atoms in total. The summed E-state index contributed by atoms with van der Waals surface area (Å²) in [6.07, 6.45) is -3.54. The SMILES string of the molecule is CCOC(=O)C1=C(C(F)(F)F)N=c2s/c(=C\c3cc(Br)cc(Br)c3OCc3ccc(Cl)cc3Cl)c(=O)n2[C@H]1c1ccc(Cl)cc1. The fourth-order valence-electron chi connectivity index (χ4n) is 4.57. The second-order valence-electron chi connectivity index (χ2n) is 9.45. The topological polar surface area (TPSA) is 69.9 Å². The minimum Gasteiger partial charge on any atom is -0.487 e. The summed E-state index contributed by atoms with van der Waals surface area (Å²) in [5.41, 5.74) is -1.64. The molecule has 234 valence electrons. The standard InChI is InChI=1S/C30H18Br2Cl3F3N2O4S/c1-2-43-28(42)23-24(14-3-6-18(33)7-4-14)40-27(41)22(45-29(40)39-26(23)30(36,37)38)10-16-9-17(31)11-20(32)25(16)44-13-15-5-8-19(34)12-21(15)35/h3-12,24H,2,13H2,1H3/b22-10-/t24-/m0/s1. The Balaban J connectivity index is 1.71. The second kappa shape index (κ2) is 13.6. The molecular weight excluding hydrogens is 808 g/mol. The van der Waals surface area contributed by atoms with E-state index in [1.807, 2.05) is 0 Å². The number of thiazole rings is 1. The number of rotatable bonds is 7. The molecular formula is C30H18Br2Cl3F3N2O4S. The van der Waals surface area contributed by atoms with Crippen LogP contribution in [-0.2, 0) is 16.1 Å². The number of alkyl halides is 3. The van der Waals surface area contributed by atoms with E-state index in [1.54, 1.807) is 30.3 Å². The van der Waals surface area contributed by atoms with E-state index in [4.69, 9.17) is 44.3 Å². The molecule has 1 atom stereocenters. The van der Waals surface area contributed by atoms with Gasteiger partial charge in [0.2, 0.25) is 0 Å². The van der Waals surface area contributed by atoms with Crippen LogP contribution in [0.4, 0.5) is 13.2 Å². The highest BCUT2D eigenvalue weighted by Crippen LogP contribution is 2.39. The summed E-state index contributed by atoms with van der Waals surface area (Å²) in [7, 11) is 0. The van der Waals surface area contributed by atoms with Crippen molar-refractivity contribution in [3.8, 4) is 5.75 Å². The highest BCUT2D eigenvalue weighted by atomic mass is 79.9. The molecule has 45 heavy (non-hydrogen) atoms. The molecule has 0 spiro atoms. The average Bonchev–Trinajstić information content (AvgIpc) is 3.27. The van der Waals surface area contributed by atoms with Crippen molar-refractivity contribution < 1.29 is 27.4 Å². The summed E-state index contributed by atoms with van der Waals surface area (Å²) < 4.78 is 56.6. The van der Waals surface area contributed by atoms with E-state index in [0.29, 0.717) is 40.9 Å². The van der Waals surface area contributed by atoms with Crippen LogP contribution in [0.15, 0.2) is 84.6 Å². The molecule has 0 amide bonds. The number of benzene rings is 3. The van der Waals surface area contributed by atoms with Gasteiger partial charge >= 0.3 is 12.1 Å². The third-order valence-corrected chi connectivity index (χ3v) is 9.36. The van der Waals surface area contributed by atoms with E-state index >= 15 is 0 Å². The van der Waals surface area contributed by atoms with Gasteiger partial charge in [0, 0.05) is 30.7 Å². The Hall–Kier alpha value is -2.61. The molecule has 0 saturated heterocycles. The number of hydrogen-bond donors (Lipinski definition) is 0. The third-order valence-electron chi connectivity index (χ3n) is 6.49. The first-order valence-electron chi connectivity index (χ1n) is 12.9. The lowest BCUT2D eigenvalue weighted by atomic mass is 9.95. The zero-order chi connectivity index (χ0) is 32.6. The van der Waals surface area contributed by atoms with Gasteiger partial charge in [-0.15, -0.1) is 0 Å². The summed E-state index contributed by atoms with van der Waals surface area (Å²) in [5, 5.41) is 1.17. The minimum absolute atomic E-state index is 0.0405. The molecule has 0 bridgehead atoms. The Labute approximate surface area is 289 Å². The summed E-state index contributed by atoms with van der Waals surface area (Å²) in [6.45, 7) is 1.33. The predicted octanol–water partition coefficient (Wildman–Crippen LogP) is 8.40. The van der Waals surface area contributed by atoms with Crippen LogP contribution in [0.2, 0.25) is 15.1 Å². The van der Waals surface area contributed by atoms with Gasteiger partial charge in [0.25, 0.3) is 5.56 Å². The van der Waals surface area contributed by atoms with Gasteiger partial charge in [0.1, 0.15) is 12.4 Å². The highest BCUT2D eigenvalue weighted by Gasteiger charge is 2.45. The van der Waals surface area contributed by atoms with E-state index in [0.717, 1.165) is 15.9 Å². The first kappa shape index (κ1) is 33.7. The van der Waals surface area contributed by atoms with Crippen LogP contribution in [0.25, 0.3) is 6.08 Å². The van der Waals surface area contributed by atoms with Gasteiger partial charge < -0.3 is 9.47 Å². The van der Waals surface area contributed by atoms with E-state index in [9.17, 15) is 22.8 Å². The molecule has 4 aromatic rings. The number of halogens is 8. The quantitative estimate of drug-likeness (QED) is 0.176. The summed E-state index contributed by atoms with van der Waals surface area (Å²) in [5.74, 6) is -0.900. The lowest BCUT2D eigenvalue weighted by Gasteiger charge is -2.26. The number of ether oxygens (including phenoxy) is 2. The Kier molecular flexibility index (Phi) is 10.2. The molecule has 0 aliphatic carbocycles. The van der Waals surface area contributed by atoms with Crippen LogP contribution in [-0.4, -0.2) is 23.3 Å². The molecule has 0 radical (unpaired) electrons. The lowest BCUT2D eigenvalue weighted by Crippen LogP contribution is -2.41. The fourth-order valence-corrected chi connectivity index (χ4v) is 7.52. The largest absolute Gasteiger partial charge is 0.487 e. The minimum atomic E-state index is -5.03. The van der Waals surface area contributed by atoms with Crippen LogP contribution in [0.1, 0.15) is 29.7 Å². The van der Waals surface area contributed by atoms with Gasteiger partial charge in [-0.1, -0.05) is 80.3 Å². The normalized spacial score (nSPS) is 15.1. The number of carbonyl (C=O) groups is 1. The van der Waals surface area contributed by atoms with Crippen LogP contribution >= 0.6 is 78.0 Å². The first-order valence-corrected chi connectivity index (χ1v) is 16.4. The zero-order valence-electron chi connectivity index (χ0n) is 22.7. The summed E-state index contributed by atoms with van der Waals surface area (Å²) >= 11 is 26.0. The fraction of sp³-hybridized carbons (Fsp3) is 0.167. The van der Waals surface area contributed by atoms with Crippen LogP contribution in [0, 0.1) is 0 Å². The first-order chi connectivity index (χ1) is 21.3. The summed E-state index contributed by atoms with van der Waals surface area (Å²) in [6, 6.07) is 12.7. The Morgan fingerprint density at radius 1 is 1.07 bits per heavy atom.